The molecule has 0 aromatic carbocycles. The number of nitrogens with zero attached hydrogens (tertiary/aromatic N) is 4. The number of aliphatic hydroxyl groups excluding tert-OH is 1. The molecule has 3 fully saturated rings. The number of ether oxygens (including phenoxy) is 1. The molecule has 6 rings (SSSR count). The van der Waals surface area contributed by atoms with E-state index in [0.29, 0.717) is 39.2 Å². The first-order valence-electron chi connectivity index (χ1n) is 10.2. The van der Waals surface area contributed by atoms with Crippen LogP contribution in [-0.4, -0.2) is 55.4 Å². The average Bonchev–Trinajstić information content (AvgIpc) is 3.04. The van der Waals surface area contributed by atoms with Gasteiger partial charge in [0.15, 0.2) is 5.94 Å². The zero-order valence-electron chi connectivity index (χ0n) is 16.3. The van der Waals surface area contributed by atoms with Crippen molar-refractivity contribution in [1.29, 1.82) is 0 Å². The molecular formula is C20H22ClN5O3S. The fourth-order valence-electron chi connectivity index (χ4n) is 5.02. The van der Waals surface area contributed by atoms with Crippen molar-refractivity contribution in [3.63, 3.8) is 0 Å². The largest absolute Gasteiger partial charge is 0.478 e. The van der Waals surface area contributed by atoms with Crippen molar-refractivity contribution in [1.82, 2.24) is 15.0 Å². The molecule has 2 unspecified atom stereocenters. The molecule has 4 heterocycles. The molecule has 4 aliphatic rings. The highest BCUT2D eigenvalue weighted by atomic mass is 35.5. The van der Waals surface area contributed by atoms with Gasteiger partial charge in [-0.2, -0.15) is 0 Å². The summed E-state index contributed by atoms with van der Waals surface area (Å²) in [4.78, 5) is 16.5. The van der Waals surface area contributed by atoms with E-state index in [4.69, 9.17) is 21.3 Å². The van der Waals surface area contributed by atoms with Crippen LogP contribution < -0.4 is 15.0 Å². The summed E-state index contributed by atoms with van der Waals surface area (Å²) in [6, 6.07) is 1.90. The lowest BCUT2D eigenvalue weighted by atomic mass is 9.77. The number of anilines is 2. The second-order valence-electron chi connectivity index (χ2n) is 8.70. The molecule has 2 aliphatic heterocycles. The quantitative estimate of drug-likeness (QED) is 0.719. The second-order valence-corrected chi connectivity index (χ2v) is 10.5. The Kier molecular flexibility index (Phi) is 4.23. The molecule has 0 bridgehead atoms. The number of piperidine rings is 1. The summed E-state index contributed by atoms with van der Waals surface area (Å²) in [6.45, 7) is 1.79. The number of nitrogens with one attached hydrogen (secondary N) is 1. The van der Waals surface area contributed by atoms with Gasteiger partial charge in [-0.15, -0.1) is 0 Å². The lowest BCUT2D eigenvalue weighted by Gasteiger charge is -2.41. The minimum absolute atomic E-state index is 0.0395. The number of aliphatic hydroxyl groups is 1. The maximum Gasteiger partial charge on any atom is 0.168 e. The first kappa shape index (κ1) is 18.8. The Balaban J connectivity index is 1.25. The minimum atomic E-state index is -1.24. The van der Waals surface area contributed by atoms with Crippen LogP contribution >= 0.6 is 11.6 Å². The Hall–Kier alpha value is -1.97. The fourth-order valence-corrected chi connectivity index (χ4v) is 6.12. The molecular weight excluding hydrogens is 426 g/mol. The Morgan fingerprint density at radius 3 is 2.67 bits per heavy atom. The Bertz CT molecular complexity index is 1010. The molecule has 2 aromatic rings. The molecule has 1 saturated heterocycles. The van der Waals surface area contributed by atoms with Crippen molar-refractivity contribution in [3.05, 3.63) is 29.3 Å². The van der Waals surface area contributed by atoms with Gasteiger partial charge in [0.25, 0.3) is 0 Å². The van der Waals surface area contributed by atoms with Gasteiger partial charge in [-0.1, -0.05) is 11.6 Å². The van der Waals surface area contributed by atoms with E-state index in [-0.39, 0.29) is 18.1 Å². The van der Waals surface area contributed by atoms with Crippen LogP contribution in [0.5, 0.6) is 5.75 Å². The van der Waals surface area contributed by atoms with Crippen LogP contribution in [0.1, 0.15) is 31.0 Å². The predicted octanol–water partition coefficient (Wildman–Crippen LogP) is 2.16. The van der Waals surface area contributed by atoms with E-state index in [9.17, 15) is 9.32 Å². The van der Waals surface area contributed by atoms with E-state index >= 15 is 0 Å². The highest BCUT2D eigenvalue weighted by Gasteiger charge is 2.58. The van der Waals surface area contributed by atoms with Crippen LogP contribution in [0.25, 0.3) is 0 Å². The molecule has 2 aromatic heterocycles. The fraction of sp³-hybridized carbons (Fsp3) is 0.550. The van der Waals surface area contributed by atoms with Crippen LogP contribution in [0.15, 0.2) is 23.4 Å². The maximum atomic E-state index is 12.5. The zero-order chi connectivity index (χ0) is 20.5. The lowest BCUT2D eigenvalue weighted by molar-refractivity contribution is 0.143. The van der Waals surface area contributed by atoms with Gasteiger partial charge in [-0.25, -0.2) is 15.0 Å². The van der Waals surface area contributed by atoms with Gasteiger partial charge in [0.2, 0.25) is 0 Å². The van der Waals surface area contributed by atoms with E-state index in [0.717, 1.165) is 44.0 Å². The van der Waals surface area contributed by atoms with E-state index in [2.05, 4.69) is 20.2 Å². The molecule has 8 nitrogen and oxygen atoms in total. The molecule has 0 radical (unpaired) electrons. The van der Waals surface area contributed by atoms with Gasteiger partial charge in [0.05, 0.1) is 28.0 Å². The van der Waals surface area contributed by atoms with Crippen molar-refractivity contribution in [2.24, 2.45) is 11.8 Å². The number of rotatable bonds is 5. The van der Waals surface area contributed by atoms with Gasteiger partial charge < -0.3 is 20.1 Å². The molecule has 0 spiro atoms. The molecule has 2 saturated carbocycles. The predicted molar refractivity (Wildman–Crippen MR) is 112 cm³/mol. The van der Waals surface area contributed by atoms with Crippen molar-refractivity contribution in [3.8, 4) is 5.75 Å². The average molecular weight is 448 g/mol. The van der Waals surface area contributed by atoms with Gasteiger partial charge in [-0.05, 0) is 31.1 Å². The van der Waals surface area contributed by atoms with Crippen LogP contribution in [0, 0.1) is 11.8 Å². The molecule has 158 valence electrons. The summed E-state index contributed by atoms with van der Waals surface area (Å²) in [5.74, 6) is 4.45. The Morgan fingerprint density at radius 1 is 1.30 bits per heavy atom. The molecule has 30 heavy (non-hydrogen) atoms. The smallest absolute Gasteiger partial charge is 0.168 e. The van der Waals surface area contributed by atoms with Crippen molar-refractivity contribution in [2.45, 2.75) is 35.6 Å². The number of hydrogen-bond acceptors (Lipinski definition) is 8. The van der Waals surface area contributed by atoms with Gasteiger partial charge in [-0.3, -0.25) is 4.21 Å². The van der Waals surface area contributed by atoms with E-state index in [1.165, 1.54) is 0 Å². The molecule has 3 atom stereocenters. The summed E-state index contributed by atoms with van der Waals surface area (Å²) >= 11 is 5.91. The summed E-state index contributed by atoms with van der Waals surface area (Å²) in [6.07, 6.45) is 6.15. The third-order valence-corrected chi connectivity index (χ3v) is 8.30. The number of halogens is 1. The minimum Gasteiger partial charge on any atom is -0.478 e. The monoisotopic (exact) mass is 447 g/mol. The van der Waals surface area contributed by atoms with Crippen LogP contribution in [0.4, 0.5) is 11.6 Å². The van der Waals surface area contributed by atoms with Gasteiger partial charge in [0, 0.05) is 37.5 Å². The van der Waals surface area contributed by atoms with Crippen molar-refractivity contribution < 1.29 is 14.1 Å². The van der Waals surface area contributed by atoms with Gasteiger partial charge in [0.1, 0.15) is 28.1 Å². The Labute approximate surface area is 181 Å². The summed E-state index contributed by atoms with van der Waals surface area (Å²) < 4.78 is 18.2. The van der Waals surface area contributed by atoms with Crippen LogP contribution in [-0.2, 0) is 10.8 Å². The van der Waals surface area contributed by atoms with E-state index in [1.54, 1.807) is 12.4 Å². The SMILES string of the molecule is O=[S@]1COc2cc(N3CC4C(C3)C4c3ncc(Cl)cn3)nc(NC3(CO)CCC3)c21. The van der Waals surface area contributed by atoms with E-state index in [1.807, 2.05) is 6.07 Å². The maximum absolute atomic E-state index is 12.5. The molecule has 0 amide bonds. The Morgan fingerprint density at radius 2 is 2.03 bits per heavy atom. The topological polar surface area (TPSA) is 100 Å². The zero-order valence-corrected chi connectivity index (χ0v) is 17.8. The van der Waals surface area contributed by atoms with Crippen molar-refractivity contribution in [2.75, 3.05) is 35.9 Å². The number of hydrogen-bond donors (Lipinski definition) is 2. The summed E-state index contributed by atoms with van der Waals surface area (Å²) in [5.41, 5.74) is -0.365. The molecule has 2 aliphatic carbocycles. The lowest BCUT2D eigenvalue weighted by Crippen LogP contribution is -2.48. The van der Waals surface area contributed by atoms with Gasteiger partial charge >= 0.3 is 0 Å². The third kappa shape index (κ3) is 2.90. The standard InChI is InChI=1S/C20H22ClN5O3S/c21-11-5-22-18(23-6-11)16-12-7-26(8-13(12)16)15-4-14-17(30(28)10-29-14)19(24-15)25-20(9-27)2-1-3-20/h4-6,12-13,16,27H,1-3,7-10H2,(H,24,25)/t12?,13?,16?,30-/m0/s1. The van der Waals surface area contributed by atoms with E-state index < -0.39 is 10.8 Å². The second kappa shape index (κ2) is 6.77. The summed E-state index contributed by atoms with van der Waals surface area (Å²) in [5, 5.41) is 13.8. The van der Waals surface area contributed by atoms with Crippen molar-refractivity contribution >= 4 is 34.0 Å². The number of aromatic nitrogens is 3. The highest BCUT2D eigenvalue weighted by molar-refractivity contribution is 7.85. The highest BCUT2D eigenvalue weighted by Crippen LogP contribution is 2.58. The first-order chi connectivity index (χ1) is 14.6. The molecule has 2 N–H and O–H groups in total. The van der Waals surface area contributed by atoms with Crippen LogP contribution in [0.2, 0.25) is 5.02 Å². The molecule has 10 heteroatoms. The number of pyridine rings is 1. The normalized spacial score (nSPS) is 30.3. The summed E-state index contributed by atoms with van der Waals surface area (Å²) in [7, 11) is -1.24. The third-order valence-electron chi connectivity index (χ3n) is 6.93. The number of fused-ring (bicyclic) bond motifs is 2. The first-order valence-corrected chi connectivity index (χ1v) is 11.9. The van der Waals surface area contributed by atoms with Crippen LogP contribution in [0.3, 0.4) is 0 Å².